The van der Waals surface area contributed by atoms with Crippen molar-refractivity contribution in [1.82, 2.24) is 30.1 Å². The molecule has 0 bridgehead atoms. The molecule has 0 radical (unpaired) electrons. The largest absolute Gasteiger partial charge is 0.378 e. The molecule has 0 spiro atoms. The maximum Gasteiger partial charge on any atom is 0.254 e. The third kappa shape index (κ3) is 4.58. The normalized spacial score (nSPS) is 17.2. The fourth-order valence-electron chi connectivity index (χ4n) is 5.31. The number of hydrogen-bond acceptors (Lipinski definition) is 5. The van der Waals surface area contributed by atoms with Crippen LogP contribution in [-0.4, -0.2) is 62.3 Å². The van der Waals surface area contributed by atoms with E-state index in [0.29, 0.717) is 31.9 Å². The van der Waals surface area contributed by atoms with Gasteiger partial charge in [-0.1, -0.05) is 43.4 Å². The standard InChI is InChI=1S/C27H30N6O2/c34-27(32-12-14-35-15-13-32)21-7-9-22(10-8-21)33-18-25(29-31-33)26-23-17-20(6-11-24(23)28-30-26)16-19-4-2-1-3-5-19/h6-11,17-19H,1-5,12-16H2,(H,28,30). The van der Waals surface area contributed by atoms with E-state index >= 15 is 0 Å². The first-order valence-corrected chi connectivity index (χ1v) is 12.6. The molecule has 3 heterocycles. The molecule has 8 heteroatoms. The van der Waals surface area contributed by atoms with E-state index in [4.69, 9.17) is 4.74 Å². The van der Waals surface area contributed by atoms with Crippen molar-refractivity contribution in [3.63, 3.8) is 0 Å². The summed E-state index contributed by atoms with van der Waals surface area (Å²) in [5, 5.41) is 17.5. The summed E-state index contributed by atoms with van der Waals surface area (Å²) in [6.07, 6.45) is 9.78. The number of rotatable bonds is 5. The molecule has 8 nitrogen and oxygen atoms in total. The van der Waals surface area contributed by atoms with Crippen LogP contribution in [0.3, 0.4) is 0 Å². The third-order valence-corrected chi connectivity index (χ3v) is 7.29. The SMILES string of the molecule is O=C(c1ccc(-n2cc(-c3n[nH]c4ccc(CC5CCCCC5)cc34)nn2)cc1)N1CCOCC1. The van der Waals surface area contributed by atoms with Crippen LogP contribution in [0.4, 0.5) is 0 Å². The van der Waals surface area contributed by atoms with E-state index in [-0.39, 0.29) is 5.91 Å². The summed E-state index contributed by atoms with van der Waals surface area (Å²) in [4.78, 5) is 14.5. The molecule has 1 aliphatic carbocycles. The fraction of sp³-hybridized carbons (Fsp3) is 0.407. The number of carbonyl (C=O) groups excluding carboxylic acids is 1. The van der Waals surface area contributed by atoms with E-state index in [2.05, 4.69) is 38.7 Å². The van der Waals surface area contributed by atoms with E-state index in [0.717, 1.165) is 40.3 Å². The van der Waals surface area contributed by atoms with Crippen LogP contribution >= 0.6 is 0 Å². The van der Waals surface area contributed by atoms with Crippen molar-refractivity contribution in [3.8, 4) is 17.1 Å². The second-order valence-electron chi connectivity index (χ2n) is 9.66. The van der Waals surface area contributed by atoms with Crippen LogP contribution in [0.1, 0.15) is 48.0 Å². The number of nitrogens with zero attached hydrogens (tertiary/aromatic N) is 5. The number of ether oxygens (including phenoxy) is 1. The first kappa shape index (κ1) is 22.0. The molecule has 2 fully saturated rings. The first-order chi connectivity index (χ1) is 17.2. The molecule has 6 rings (SSSR count). The zero-order valence-corrected chi connectivity index (χ0v) is 19.8. The van der Waals surface area contributed by atoms with Gasteiger partial charge in [-0.05, 0) is 54.3 Å². The number of hydrogen-bond donors (Lipinski definition) is 1. The summed E-state index contributed by atoms with van der Waals surface area (Å²) in [5.41, 5.74) is 5.42. The van der Waals surface area contributed by atoms with E-state index in [1.54, 1.807) is 4.68 Å². The lowest BCUT2D eigenvalue weighted by Crippen LogP contribution is -2.40. The van der Waals surface area contributed by atoms with Gasteiger partial charge in [-0.25, -0.2) is 4.68 Å². The van der Waals surface area contributed by atoms with Crippen LogP contribution in [0.25, 0.3) is 28.0 Å². The quantitative estimate of drug-likeness (QED) is 0.467. The molecule has 35 heavy (non-hydrogen) atoms. The second-order valence-corrected chi connectivity index (χ2v) is 9.66. The lowest BCUT2D eigenvalue weighted by molar-refractivity contribution is 0.0303. The number of aromatic nitrogens is 5. The molecule has 1 amide bonds. The molecule has 180 valence electrons. The summed E-state index contributed by atoms with van der Waals surface area (Å²) in [6.45, 7) is 2.45. The minimum absolute atomic E-state index is 0.0335. The van der Waals surface area contributed by atoms with Crippen molar-refractivity contribution in [2.45, 2.75) is 38.5 Å². The lowest BCUT2D eigenvalue weighted by atomic mass is 9.84. The third-order valence-electron chi connectivity index (χ3n) is 7.29. The van der Waals surface area contributed by atoms with Gasteiger partial charge in [-0.3, -0.25) is 9.89 Å². The molecule has 2 aliphatic rings. The molecular formula is C27H30N6O2. The molecule has 4 aromatic rings. The van der Waals surface area contributed by atoms with Crippen molar-refractivity contribution in [3.05, 3.63) is 59.8 Å². The van der Waals surface area contributed by atoms with Crippen molar-refractivity contribution in [2.24, 2.45) is 5.92 Å². The highest BCUT2D eigenvalue weighted by atomic mass is 16.5. The Morgan fingerprint density at radius 1 is 1.03 bits per heavy atom. The second kappa shape index (κ2) is 9.62. The lowest BCUT2D eigenvalue weighted by Gasteiger charge is -2.26. The average Bonchev–Trinajstić information content (AvgIpc) is 3.57. The summed E-state index contributed by atoms with van der Waals surface area (Å²) in [5.74, 6) is 0.821. The summed E-state index contributed by atoms with van der Waals surface area (Å²) in [6, 6.07) is 14.1. The van der Waals surface area contributed by atoms with Crippen molar-refractivity contribution < 1.29 is 9.53 Å². The fourth-order valence-corrected chi connectivity index (χ4v) is 5.31. The number of fused-ring (bicyclic) bond motifs is 1. The number of nitrogens with one attached hydrogen (secondary N) is 1. The Bertz CT molecular complexity index is 1310. The highest BCUT2D eigenvalue weighted by molar-refractivity contribution is 5.94. The Kier molecular flexibility index (Phi) is 6.04. The average molecular weight is 471 g/mol. The molecule has 2 aromatic carbocycles. The molecule has 1 saturated carbocycles. The predicted octanol–water partition coefficient (Wildman–Crippen LogP) is 4.41. The minimum Gasteiger partial charge on any atom is -0.378 e. The number of H-pyrrole nitrogens is 1. The zero-order chi connectivity index (χ0) is 23.6. The Morgan fingerprint density at radius 2 is 1.83 bits per heavy atom. The van der Waals surface area contributed by atoms with Gasteiger partial charge in [-0.2, -0.15) is 5.10 Å². The Labute approximate surface area is 204 Å². The van der Waals surface area contributed by atoms with E-state index < -0.39 is 0 Å². The maximum atomic E-state index is 12.7. The van der Waals surface area contributed by atoms with Gasteiger partial charge in [0, 0.05) is 24.0 Å². The van der Waals surface area contributed by atoms with Gasteiger partial charge in [0.15, 0.2) is 0 Å². The number of aromatic amines is 1. The van der Waals surface area contributed by atoms with Crippen molar-refractivity contribution >= 4 is 16.8 Å². The van der Waals surface area contributed by atoms with Gasteiger partial charge in [0.2, 0.25) is 0 Å². The minimum atomic E-state index is 0.0335. The summed E-state index contributed by atoms with van der Waals surface area (Å²) >= 11 is 0. The summed E-state index contributed by atoms with van der Waals surface area (Å²) in [7, 11) is 0. The topological polar surface area (TPSA) is 88.9 Å². The molecule has 0 atom stereocenters. The smallest absolute Gasteiger partial charge is 0.254 e. The number of morpholine rings is 1. The van der Waals surface area contributed by atoms with Crippen LogP contribution < -0.4 is 0 Å². The number of benzene rings is 2. The molecular weight excluding hydrogens is 440 g/mol. The monoisotopic (exact) mass is 470 g/mol. The predicted molar refractivity (Wildman–Crippen MR) is 133 cm³/mol. The maximum absolute atomic E-state index is 12.7. The Hall–Kier alpha value is -3.52. The number of amides is 1. The zero-order valence-electron chi connectivity index (χ0n) is 19.8. The molecule has 0 unspecified atom stereocenters. The number of carbonyl (C=O) groups is 1. The molecule has 1 N–H and O–H groups in total. The van der Waals surface area contributed by atoms with Gasteiger partial charge in [-0.15, -0.1) is 5.10 Å². The van der Waals surface area contributed by atoms with Crippen LogP contribution in [-0.2, 0) is 11.2 Å². The van der Waals surface area contributed by atoms with Gasteiger partial charge in [0.05, 0.1) is 30.6 Å². The Morgan fingerprint density at radius 3 is 2.63 bits per heavy atom. The van der Waals surface area contributed by atoms with Crippen LogP contribution in [0.2, 0.25) is 0 Å². The Balaban J connectivity index is 1.21. The molecule has 1 saturated heterocycles. The van der Waals surface area contributed by atoms with Gasteiger partial charge in [0.1, 0.15) is 11.4 Å². The highest BCUT2D eigenvalue weighted by Crippen LogP contribution is 2.30. The van der Waals surface area contributed by atoms with E-state index in [1.807, 2.05) is 35.4 Å². The first-order valence-electron chi connectivity index (χ1n) is 12.6. The van der Waals surface area contributed by atoms with E-state index in [9.17, 15) is 4.79 Å². The van der Waals surface area contributed by atoms with Crippen LogP contribution in [0.5, 0.6) is 0 Å². The van der Waals surface area contributed by atoms with Crippen LogP contribution in [0, 0.1) is 5.92 Å². The van der Waals surface area contributed by atoms with Gasteiger partial charge in [0.25, 0.3) is 5.91 Å². The van der Waals surface area contributed by atoms with Crippen molar-refractivity contribution in [1.29, 1.82) is 0 Å². The highest BCUT2D eigenvalue weighted by Gasteiger charge is 2.19. The summed E-state index contributed by atoms with van der Waals surface area (Å²) < 4.78 is 7.07. The van der Waals surface area contributed by atoms with Gasteiger partial charge < -0.3 is 9.64 Å². The van der Waals surface area contributed by atoms with Gasteiger partial charge >= 0.3 is 0 Å². The van der Waals surface area contributed by atoms with Crippen LogP contribution in [0.15, 0.2) is 48.7 Å². The van der Waals surface area contributed by atoms with E-state index in [1.165, 1.54) is 37.7 Å². The van der Waals surface area contributed by atoms with Crippen molar-refractivity contribution in [2.75, 3.05) is 26.3 Å². The molecule has 1 aliphatic heterocycles. The molecule has 2 aromatic heterocycles.